The lowest BCUT2D eigenvalue weighted by Crippen LogP contribution is -2.22. The number of hydrogen-bond acceptors (Lipinski definition) is 5. The Morgan fingerprint density at radius 3 is 2.20 bits per heavy atom. The maximum Gasteiger partial charge on any atom is 0.414 e. The van der Waals surface area contributed by atoms with Gasteiger partial charge in [-0.05, 0) is 49.5 Å². The maximum atomic E-state index is 9.10. The van der Waals surface area contributed by atoms with E-state index in [2.05, 4.69) is 41.3 Å². The molecule has 7 heteroatoms. The molecule has 2 N–H and O–H groups in total. The first kappa shape index (κ1) is 23.2. The molecule has 7 nitrogen and oxygen atoms in total. The van der Waals surface area contributed by atoms with Crippen LogP contribution in [-0.2, 0) is 22.4 Å². The topological polar surface area (TPSA) is 96.3 Å². The Bertz CT molecular complexity index is 791. The van der Waals surface area contributed by atoms with Crippen molar-refractivity contribution in [3.63, 3.8) is 0 Å². The predicted octanol–water partition coefficient (Wildman–Crippen LogP) is 3.11. The zero-order valence-corrected chi connectivity index (χ0v) is 17.3. The molecular formula is C23H29NO6. The maximum absolute atomic E-state index is 9.10. The van der Waals surface area contributed by atoms with Gasteiger partial charge in [-0.15, -0.1) is 0 Å². The molecule has 162 valence electrons. The van der Waals surface area contributed by atoms with Gasteiger partial charge in [0.05, 0.1) is 13.7 Å². The molecule has 1 heterocycles. The summed E-state index contributed by atoms with van der Waals surface area (Å²) < 4.78 is 11.7. The van der Waals surface area contributed by atoms with Gasteiger partial charge in [-0.25, -0.2) is 9.59 Å². The summed E-state index contributed by atoms with van der Waals surface area (Å²) in [5.41, 5.74) is 2.54. The fourth-order valence-corrected chi connectivity index (χ4v) is 3.28. The zero-order chi connectivity index (χ0) is 21.8. The van der Waals surface area contributed by atoms with Crippen LogP contribution in [0.25, 0.3) is 0 Å². The van der Waals surface area contributed by atoms with Crippen molar-refractivity contribution in [1.29, 1.82) is 0 Å². The van der Waals surface area contributed by atoms with Gasteiger partial charge in [0.2, 0.25) is 0 Å². The van der Waals surface area contributed by atoms with Crippen LogP contribution in [0.3, 0.4) is 0 Å². The molecule has 0 aliphatic carbocycles. The number of aliphatic carboxylic acids is 2. The largest absolute Gasteiger partial charge is 0.493 e. The van der Waals surface area contributed by atoms with Crippen LogP contribution in [-0.4, -0.2) is 60.4 Å². The van der Waals surface area contributed by atoms with E-state index in [1.807, 2.05) is 12.1 Å². The number of carbonyl (C=O) groups is 2. The minimum atomic E-state index is -1.82. The van der Waals surface area contributed by atoms with Crippen molar-refractivity contribution in [3.8, 4) is 11.5 Å². The molecule has 0 aromatic heterocycles. The molecule has 2 aromatic rings. The minimum absolute atomic E-state index is 0.668. The molecule has 0 saturated carbocycles. The number of nitrogens with zero attached hydrogens (tertiary/aromatic N) is 1. The van der Waals surface area contributed by atoms with E-state index in [-0.39, 0.29) is 0 Å². The van der Waals surface area contributed by atoms with Gasteiger partial charge in [-0.1, -0.05) is 42.5 Å². The van der Waals surface area contributed by atoms with E-state index in [9.17, 15) is 0 Å². The van der Waals surface area contributed by atoms with E-state index < -0.39 is 11.9 Å². The Hall–Kier alpha value is -3.06. The molecule has 1 aliphatic rings. The quantitative estimate of drug-likeness (QED) is 0.640. The van der Waals surface area contributed by atoms with Gasteiger partial charge < -0.3 is 24.6 Å². The third-order valence-corrected chi connectivity index (χ3v) is 4.84. The molecule has 1 aliphatic heterocycles. The number of ether oxygens (including phenoxy) is 2. The van der Waals surface area contributed by atoms with Gasteiger partial charge in [-0.2, -0.15) is 0 Å². The molecule has 0 unspecified atom stereocenters. The van der Waals surface area contributed by atoms with Crippen LogP contribution in [0.2, 0.25) is 0 Å². The molecule has 0 bridgehead atoms. The summed E-state index contributed by atoms with van der Waals surface area (Å²) in [6.45, 7) is 4.23. The first-order chi connectivity index (χ1) is 14.5. The van der Waals surface area contributed by atoms with Crippen LogP contribution in [0.15, 0.2) is 48.5 Å². The number of hydrogen-bond donors (Lipinski definition) is 2. The highest BCUT2D eigenvalue weighted by atomic mass is 16.5. The van der Waals surface area contributed by atoms with E-state index in [4.69, 9.17) is 29.3 Å². The third kappa shape index (κ3) is 7.75. The molecule has 30 heavy (non-hydrogen) atoms. The monoisotopic (exact) mass is 415 g/mol. The number of benzene rings is 2. The van der Waals surface area contributed by atoms with Crippen LogP contribution >= 0.6 is 0 Å². The second-order valence-electron chi connectivity index (χ2n) is 6.94. The van der Waals surface area contributed by atoms with Gasteiger partial charge in [0, 0.05) is 13.0 Å². The Morgan fingerprint density at radius 1 is 0.933 bits per heavy atom. The van der Waals surface area contributed by atoms with E-state index in [1.165, 1.54) is 37.1 Å². The summed E-state index contributed by atoms with van der Waals surface area (Å²) >= 11 is 0. The molecule has 0 atom stereocenters. The predicted molar refractivity (Wildman–Crippen MR) is 113 cm³/mol. The Balaban J connectivity index is 0.000000469. The lowest BCUT2D eigenvalue weighted by molar-refractivity contribution is -0.159. The summed E-state index contributed by atoms with van der Waals surface area (Å²) in [5.74, 6) is -1.90. The molecule has 0 amide bonds. The SMILES string of the molecule is COc1cccc(CCN2CCCC2)c1OCCc1ccccc1.O=C(O)C(=O)O. The minimum Gasteiger partial charge on any atom is -0.493 e. The van der Waals surface area contributed by atoms with Gasteiger partial charge in [0.25, 0.3) is 0 Å². The fourth-order valence-electron chi connectivity index (χ4n) is 3.28. The van der Waals surface area contributed by atoms with Crippen molar-refractivity contribution in [2.24, 2.45) is 0 Å². The number of para-hydroxylation sites is 1. The van der Waals surface area contributed by atoms with Crippen molar-refractivity contribution >= 4 is 11.9 Å². The number of likely N-dealkylation sites (tertiary alicyclic amines) is 1. The molecule has 0 radical (unpaired) electrons. The lowest BCUT2D eigenvalue weighted by Gasteiger charge is -2.18. The molecule has 3 rings (SSSR count). The standard InChI is InChI=1S/C21H27NO2.C2H2O4/c1-23-20-11-7-10-19(12-16-22-14-5-6-15-22)21(20)24-17-13-18-8-3-2-4-9-18;3-1(4)2(5)6/h2-4,7-11H,5-6,12-17H2,1H3;(H,3,4)(H,5,6). The second-order valence-corrected chi connectivity index (χ2v) is 6.94. The number of methoxy groups -OCH3 is 1. The van der Waals surface area contributed by atoms with Crippen LogP contribution in [0, 0.1) is 0 Å². The average Bonchev–Trinajstić information content (AvgIpc) is 3.27. The third-order valence-electron chi connectivity index (χ3n) is 4.84. The number of carboxylic acid groups (broad SMARTS) is 2. The highest BCUT2D eigenvalue weighted by Gasteiger charge is 2.15. The van der Waals surface area contributed by atoms with Gasteiger partial charge in [-0.3, -0.25) is 0 Å². The molecule has 1 fully saturated rings. The summed E-state index contributed by atoms with van der Waals surface area (Å²) in [6, 6.07) is 16.7. The average molecular weight is 415 g/mol. The fraction of sp³-hybridized carbons (Fsp3) is 0.391. The van der Waals surface area contributed by atoms with Crippen LogP contribution in [0.5, 0.6) is 11.5 Å². The van der Waals surface area contributed by atoms with E-state index >= 15 is 0 Å². The summed E-state index contributed by atoms with van der Waals surface area (Å²) in [6.07, 6.45) is 4.58. The Morgan fingerprint density at radius 2 is 1.60 bits per heavy atom. The van der Waals surface area contributed by atoms with Gasteiger partial charge >= 0.3 is 11.9 Å². The van der Waals surface area contributed by atoms with Crippen LogP contribution in [0.4, 0.5) is 0 Å². The smallest absolute Gasteiger partial charge is 0.414 e. The summed E-state index contributed by atoms with van der Waals surface area (Å²) in [4.78, 5) is 20.7. The highest BCUT2D eigenvalue weighted by Crippen LogP contribution is 2.32. The van der Waals surface area contributed by atoms with E-state index in [0.29, 0.717) is 6.61 Å². The van der Waals surface area contributed by atoms with Crippen molar-refractivity contribution in [2.45, 2.75) is 25.7 Å². The number of carboxylic acids is 2. The Labute approximate surface area is 176 Å². The van der Waals surface area contributed by atoms with Gasteiger partial charge in [0.15, 0.2) is 11.5 Å². The summed E-state index contributed by atoms with van der Waals surface area (Å²) in [7, 11) is 1.71. The van der Waals surface area contributed by atoms with E-state index in [0.717, 1.165) is 30.9 Å². The van der Waals surface area contributed by atoms with Crippen molar-refractivity contribution in [2.75, 3.05) is 33.4 Å². The first-order valence-electron chi connectivity index (χ1n) is 10.0. The van der Waals surface area contributed by atoms with Crippen molar-refractivity contribution in [3.05, 3.63) is 59.7 Å². The normalized spacial score (nSPS) is 13.2. The van der Waals surface area contributed by atoms with Crippen LogP contribution < -0.4 is 9.47 Å². The highest BCUT2D eigenvalue weighted by molar-refractivity contribution is 6.27. The van der Waals surface area contributed by atoms with Crippen molar-refractivity contribution in [1.82, 2.24) is 4.90 Å². The summed E-state index contributed by atoms with van der Waals surface area (Å²) in [5, 5.41) is 14.8. The lowest BCUT2D eigenvalue weighted by atomic mass is 10.1. The van der Waals surface area contributed by atoms with Crippen molar-refractivity contribution < 1.29 is 29.3 Å². The van der Waals surface area contributed by atoms with Gasteiger partial charge in [0.1, 0.15) is 0 Å². The molecule has 1 saturated heterocycles. The van der Waals surface area contributed by atoms with Crippen LogP contribution in [0.1, 0.15) is 24.0 Å². The molecular weight excluding hydrogens is 386 g/mol. The van der Waals surface area contributed by atoms with E-state index in [1.54, 1.807) is 7.11 Å². The Kier molecular flexibility index (Phi) is 9.67. The first-order valence-corrected chi connectivity index (χ1v) is 10.0. The second kappa shape index (κ2) is 12.5. The molecule has 0 spiro atoms. The number of rotatable bonds is 8. The molecule has 2 aromatic carbocycles. The zero-order valence-electron chi connectivity index (χ0n) is 17.3.